The lowest BCUT2D eigenvalue weighted by Gasteiger charge is -2.42. The fourth-order valence-corrected chi connectivity index (χ4v) is 3.02. The van der Waals surface area contributed by atoms with E-state index in [0.717, 1.165) is 0 Å². The summed E-state index contributed by atoms with van der Waals surface area (Å²) in [5.74, 6) is 0. The summed E-state index contributed by atoms with van der Waals surface area (Å²) >= 11 is 0. The average Bonchev–Trinajstić information content (AvgIpc) is 1.78. The van der Waals surface area contributed by atoms with E-state index < -0.39 is 0 Å². The Morgan fingerprint density at radius 3 is 1.93 bits per heavy atom. The number of hydrogen-bond acceptors (Lipinski definition) is 1. The maximum Gasteiger partial charge on any atom is 0.0109 e. The van der Waals surface area contributed by atoms with Gasteiger partial charge in [-0.25, -0.2) is 0 Å². The molecule has 1 rings (SSSR count). The maximum atomic E-state index is 5.56. The molecule has 0 heterocycles. The summed E-state index contributed by atoms with van der Waals surface area (Å²) in [4.78, 5) is 0. The van der Waals surface area contributed by atoms with Crippen molar-refractivity contribution >= 4 is 12.4 Å². The van der Waals surface area contributed by atoms with E-state index in [1.807, 2.05) is 0 Å². The van der Waals surface area contributed by atoms with Gasteiger partial charge in [-0.1, -0.05) is 39.3 Å². The van der Waals surface area contributed by atoms with Crippen molar-refractivity contribution in [3.8, 4) is 0 Å². The second-order valence-corrected chi connectivity index (χ2v) is 5.96. The van der Waals surface area contributed by atoms with Crippen LogP contribution in [0, 0.1) is 10.8 Å². The molecule has 0 spiro atoms. The normalized spacial score (nSPS) is 23.9. The van der Waals surface area contributed by atoms with Crippen LogP contribution in [0.2, 0.25) is 0 Å². The molecule has 1 fully saturated rings. The summed E-state index contributed by atoms with van der Waals surface area (Å²) in [5.41, 5.74) is 8.04. The van der Waals surface area contributed by atoms with Gasteiger partial charge in [-0.05, 0) is 30.1 Å². The van der Waals surface area contributed by atoms with Crippen molar-refractivity contribution in [2.45, 2.75) is 47.0 Å². The van der Waals surface area contributed by atoms with Crippen molar-refractivity contribution in [3.05, 3.63) is 11.6 Å². The van der Waals surface area contributed by atoms with E-state index in [2.05, 4.69) is 33.8 Å². The summed E-state index contributed by atoms with van der Waals surface area (Å²) < 4.78 is 0. The first-order valence-corrected chi connectivity index (χ1v) is 5.23. The molecule has 0 aliphatic heterocycles. The molecule has 0 aromatic heterocycles. The highest BCUT2D eigenvalue weighted by molar-refractivity contribution is 5.85. The largest absolute Gasteiger partial charge is 0.327 e. The van der Waals surface area contributed by atoms with Gasteiger partial charge in [-0.15, -0.1) is 12.4 Å². The minimum Gasteiger partial charge on any atom is -0.327 e. The van der Waals surface area contributed by atoms with Crippen LogP contribution >= 0.6 is 12.4 Å². The highest BCUT2D eigenvalue weighted by Crippen LogP contribution is 2.47. The Morgan fingerprint density at radius 1 is 1.14 bits per heavy atom. The van der Waals surface area contributed by atoms with Gasteiger partial charge in [0.2, 0.25) is 0 Å². The number of halogens is 1. The Balaban J connectivity index is 0.00000169. The van der Waals surface area contributed by atoms with E-state index in [1.165, 1.54) is 19.3 Å². The lowest BCUT2D eigenvalue weighted by Crippen LogP contribution is -2.30. The number of nitrogens with two attached hydrogens (primary N) is 1. The molecular formula is C12H24ClN. The Hall–Kier alpha value is -0.0100. The Bertz CT molecular complexity index is 198. The highest BCUT2D eigenvalue weighted by atomic mass is 35.5. The molecular weight excluding hydrogens is 194 g/mol. The minimum atomic E-state index is 0. The monoisotopic (exact) mass is 217 g/mol. The van der Waals surface area contributed by atoms with E-state index in [1.54, 1.807) is 5.57 Å². The molecule has 0 radical (unpaired) electrons. The van der Waals surface area contributed by atoms with Gasteiger partial charge in [0.15, 0.2) is 0 Å². The number of rotatable bonds is 1. The lowest BCUT2D eigenvalue weighted by atomic mass is 9.63. The van der Waals surface area contributed by atoms with Crippen molar-refractivity contribution in [3.63, 3.8) is 0 Å². The Labute approximate surface area is 94.6 Å². The van der Waals surface area contributed by atoms with Crippen LogP contribution < -0.4 is 5.73 Å². The van der Waals surface area contributed by atoms with Gasteiger partial charge in [0.1, 0.15) is 0 Å². The SMILES string of the molecule is CC1(C)CC(=CCN)CC(C)(C)C1.Cl. The molecule has 14 heavy (non-hydrogen) atoms. The molecule has 2 heteroatoms. The topological polar surface area (TPSA) is 26.0 Å². The molecule has 0 bridgehead atoms. The zero-order chi connectivity index (χ0) is 10.1. The zero-order valence-electron chi connectivity index (χ0n) is 9.89. The van der Waals surface area contributed by atoms with Crippen LogP contribution in [0.4, 0.5) is 0 Å². The fraction of sp³-hybridized carbons (Fsp3) is 0.833. The number of allylic oxidation sites excluding steroid dienone is 1. The number of hydrogen-bond donors (Lipinski definition) is 1. The van der Waals surface area contributed by atoms with E-state index in [-0.39, 0.29) is 12.4 Å². The molecule has 84 valence electrons. The van der Waals surface area contributed by atoms with Gasteiger partial charge in [0.05, 0.1) is 0 Å². The molecule has 1 saturated carbocycles. The van der Waals surface area contributed by atoms with Crippen molar-refractivity contribution in [1.82, 2.24) is 0 Å². The molecule has 0 amide bonds. The van der Waals surface area contributed by atoms with Gasteiger partial charge >= 0.3 is 0 Å². The van der Waals surface area contributed by atoms with Gasteiger partial charge in [-0.2, -0.15) is 0 Å². The predicted molar refractivity (Wildman–Crippen MR) is 65.8 cm³/mol. The molecule has 1 nitrogen and oxygen atoms in total. The van der Waals surface area contributed by atoms with E-state index >= 15 is 0 Å². The average molecular weight is 218 g/mol. The first kappa shape index (κ1) is 14.0. The summed E-state index contributed by atoms with van der Waals surface area (Å²) in [6.07, 6.45) is 5.99. The quantitative estimate of drug-likeness (QED) is 0.669. The molecule has 0 unspecified atom stereocenters. The molecule has 0 saturated heterocycles. The lowest BCUT2D eigenvalue weighted by molar-refractivity contribution is 0.154. The van der Waals surface area contributed by atoms with E-state index in [4.69, 9.17) is 5.73 Å². The Kier molecular flexibility index (Phi) is 4.67. The van der Waals surface area contributed by atoms with Gasteiger partial charge in [0.25, 0.3) is 0 Å². The van der Waals surface area contributed by atoms with Crippen molar-refractivity contribution in [1.29, 1.82) is 0 Å². The van der Waals surface area contributed by atoms with Crippen LogP contribution in [-0.4, -0.2) is 6.54 Å². The highest BCUT2D eigenvalue weighted by Gasteiger charge is 2.35. The van der Waals surface area contributed by atoms with Crippen LogP contribution in [0.15, 0.2) is 11.6 Å². The smallest absolute Gasteiger partial charge is 0.0109 e. The molecule has 1 aliphatic carbocycles. The summed E-state index contributed by atoms with van der Waals surface area (Å²) in [6.45, 7) is 10.1. The second kappa shape index (κ2) is 4.67. The third kappa shape index (κ3) is 4.02. The molecule has 0 atom stereocenters. The fourth-order valence-electron chi connectivity index (χ4n) is 3.02. The van der Waals surface area contributed by atoms with Crippen LogP contribution in [-0.2, 0) is 0 Å². The maximum absolute atomic E-state index is 5.56. The van der Waals surface area contributed by atoms with Crippen LogP contribution in [0.5, 0.6) is 0 Å². The third-order valence-electron chi connectivity index (χ3n) is 2.77. The van der Waals surface area contributed by atoms with E-state index in [9.17, 15) is 0 Å². The molecule has 0 aromatic carbocycles. The molecule has 0 aromatic rings. The van der Waals surface area contributed by atoms with Crippen LogP contribution in [0.1, 0.15) is 47.0 Å². The van der Waals surface area contributed by atoms with Crippen LogP contribution in [0.25, 0.3) is 0 Å². The van der Waals surface area contributed by atoms with Crippen molar-refractivity contribution < 1.29 is 0 Å². The first-order valence-electron chi connectivity index (χ1n) is 5.23. The third-order valence-corrected chi connectivity index (χ3v) is 2.77. The second-order valence-electron chi connectivity index (χ2n) is 5.96. The molecule has 1 aliphatic rings. The van der Waals surface area contributed by atoms with Gasteiger partial charge in [-0.3, -0.25) is 0 Å². The summed E-state index contributed by atoms with van der Waals surface area (Å²) in [7, 11) is 0. The van der Waals surface area contributed by atoms with E-state index in [0.29, 0.717) is 17.4 Å². The Morgan fingerprint density at radius 2 is 1.57 bits per heavy atom. The predicted octanol–water partition coefficient (Wildman–Crippen LogP) is 3.53. The van der Waals surface area contributed by atoms with Crippen molar-refractivity contribution in [2.75, 3.05) is 6.54 Å². The van der Waals surface area contributed by atoms with Gasteiger partial charge in [0, 0.05) is 6.54 Å². The molecule has 2 N–H and O–H groups in total. The summed E-state index contributed by atoms with van der Waals surface area (Å²) in [6, 6.07) is 0. The standard InChI is InChI=1S/C12H23N.ClH/c1-11(2)7-10(5-6-13)8-12(3,4)9-11;/h5H,6-9,13H2,1-4H3;1H. The van der Waals surface area contributed by atoms with Crippen molar-refractivity contribution in [2.24, 2.45) is 16.6 Å². The minimum absolute atomic E-state index is 0. The van der Waals surface area contributed by atoms with Gasteiger partial charge < -0.3 is 5.73 Å². The summed E-state index contributed by atoms with van der Waals surface area (Å²) in [5, 5.41) is 0. The first-order chi connectivity index (χ1) is 5.85. The van der Waals surface area contributed by atoms with Crippen LogP contribution in [0.3, 0.4) is 0 Å². The zero-order valence-corrected chi connectivity index (χ0v) is 10.7.